The van der Waals surface area contributed by atoms with E-state index in [2.05, 4.69) is 20.9 Å². The number of aryl methyl sites for hydroxylation is 1. The van der Waals surface area contributed by atoms with E-state index in [4.69, 9.17) is 5.11 Å². The summed E-state index contributed by atoms with van der Waals surface area (Å²) in [5.74, 6) is -0.938. The Balaban J connectivity index is 2.86. The summed E-state index contributed by atoms with van der Waals surface area (Å²) in [6.07, 6.45) is 0. The molecule has 0 fully saturated rings. The van der Waals surface area contributed by atoms with Crippen molar-refractivity contribution in [2.75, 3.05) is 0 Å². The molecule has 0 aliphatic heterocycles. The van der Waals surface area contributed by atoms with Gasteiger partial charge in [-0.05, 0) is 40.5 Å². The minimum atomic E-state index is -0.938. The Morgan fingerprint density at radius 2 is 2.13 bits per heavy atom. The fraction of sp³-hybridized carbons (Fsp3) is 0.0909. The molecule has 15 heavy (non-hydrogen) atoms. The van der Waals surface area contributed by atoms with Gasteiger partial charge in [0.25, 0.3) is 0 Å². The number of aromatic carboxylic acids is 1. The lowest BCUT2D eigenvalue weighted by molar-refractivity contribution is 0.0699. The van der Waals surface area contributed by atoms with Crippen LogP contribution in [-0.4, -0.2) is 16.1 Å². The Labute approximate surface area is 94.9 Å². The van der Waals surface area contributed by atoms with E-state index >= 15 is 0 Å². The Morgan fingerprint density at radius 1 is 1.40 bits per heavy atom. The molecule has 0 atom stereocenters. The summed E-state index contributed by atoms with van der Waals surface area (Å²) in [7, 11) is 0. The van der Waals surface area contributed by atoms with Crippen molar-refractivity contribution < 1.29 is 9.90 Å². The molecule has 2 rings (SSSR count). The van der Waals surface area contributed by atoms with E-state index in [1.165, 1.54) is 6.07 Å². The molecule has 0 aliphatic carbocycles. The van der Waals surface area contributed by atoms with E-state index in [1.807, 2.05) is 19.1 Å². The maximum Gasteiger partial charge on any atom is 0.336 e. The Bertz CT molecular complexity index is 546. The molecule has 1 N–H and O–H groups in total. The molecule has 76 valence electrons. The van der Waals surface area contributed by atoms with Gasteiger partial charge in [-0.15, -0.1) is 0 Å². The second kappa shape index (κ2) is 3.62. The molecule has 1 aromatic heterocycles. The predicted molar refractivity (Wildman–Crippen MR) is 61.1 cm³/mol. The van der Waals surface area contributed by atoms with Gasteiger partial charge in [0.2, 0.25) is 0 Å². The number of aromatic nitrogens is 1. The lowest BCUT2D eigenvalue weighted by Gasteiger charge is -2.03. The number of benzene rings is 1. The third-order valence-corrected chi connectivity index (χ3v) is 2.57. The van der Waals surface area contributed by atoms with E-state index in [-0.39, 0.29) is 5.56 Å². The highest BCUT2D eigenvalue weighted by atomic mass is 79.9. The van der Waals surface area contributed by atoms with Crippen LogP contribution in [0.1, 0.15) is 15.9 Å². The molecule has 0 radical (unpaired) electrons. The smallest absolute Gasteiger partial charge is 0.336 e. The molecular formula is C11H8BrNO2. The standard InChI is InChI=1S/C11H8BrNO2/c1-6-2-3-7-8(11(14)15)5-10(12)13-9(7)4-6/h2-5H,1H3,(H,14,15). The number of pyridine rings is 1. The summed E-state index contributed by atoms with van der Waals surface area (Å²) in [4.78, 5) is 15.2. The van der Waals surface area contributed by atoms with Crippen molar-refractivity contribution in [3.63, 3.8) is 0 Å². The molecule has 2 aromatic rings. The maximum atomic E-state index is 11.0. The van der Waals surface area contributed by atoms with Gasteiger partial charge in [0, 0.05) is 5.39 Å². The summed E-state index contributed by atoms with van der Waals surface area (Å²) in [5.41, 5.74) is 2.03. The first-order valence-corrected chi connectivity index (χ1v) is 5.17. The second-order valence-corrected chi connectivity index (χ2v) is 4.13. The van der Waals surface area contributed by atoms with Crippen molar-refractivity contribution >= 4 is 32.8 Å². The first-order valence-electron chi connectivity index (χ1n) is 4.38. The number of hydrogen-bond acceptors (Lipinski definition) is 2. The first-order chi connectivity index (χ1) is 7.08. The van der Waals surface area contributed by atoms with Crippen molar-refractivity contribution in [1.82, 2.24) is 4.98 Å². The zero-order valence-corrected chi connectivity index (χ0v) is 9.58. The van der Waals surface area contributed by atoms with Crippen LogP contribution in [0.3, 0.4) is 0 Å². The van der Waals surface area contributed by atoms with Crippen LogP contribution in [0.25, 0.3) is 10.9 Å². The zero-order valence-electron chi connectivity index (χ0n) is 7.99. The summed E-state index contributed by atoms with van der Waals surface area (Å²) in [6.45, 7) is 1.95. The van der Waals surface area contributed by atoms with Gasteiger partial charge >= 0.3 is 5.97 Å². The maximum absolute atomic E-state index is 11.0. The third-order valence-electron chi connectivity index (χ3n) is 2.16. The number of nitrogens with zero attached hydrogens (tertiary/aromatic N) is 1. The van der Waals surface area contributed by atoms with E-state index in [0.717, 1.165) is 5.56 Å². The molecule has 1 aromatic carbocycles. The summed E-state index contributed by atoms with van der Waals surface area (Å²) >= 11 is 3.20. The monoisotopic (exact) mass is 265 g/mol. The van der Waals surface area contributed by atoms with Crippen LogP contribution in [0, 0.1) is 6.92 Å². The lowest BCUT2D eigenvalue weighted by Crippen LogP contribution is -1.99. The van der Waals surface area contributed by atoms with Gasteiger partial charge < -0.3 is 5.11 Å². The van der Waals surface area contributed by atoms with Gasteiger partial charge in [-0.25, -0.2) is 9.78 Å². The van der Waals surface area contributed by atoms with Gasteiger partial charge in [-0.1, -0.05) is 12.1 Å². The number of hydrogen-bond donors (Lipinski definition) is 1. The van der Waals surface area contributed by atoms with Gasteiger partial charge in [0.1, 0.15) is 4.60 Å². The van der Waals surface area contributed by atoms with Crippen molar-refractivity contribution in [2.45, 2.75) is 6.92 Å². The van der Waals surface area contributed by atoms with Gasteiger partial charge in [-0.3, -0.25) is 0 Å². The molecule has 0 unspecified atom stereocenters. The fourth-order valence-corrected chi connectivity index (χ4v) is 1.90. The van der Waals surface area contributed by atoms with Crippen molar-refractivity contribution in [3.8, 4) is 0 Å². The number of carboxylic acid groups (broad SMARTS) is 1. The SMILES string of the molecule is Cc1ccc2c(C(=O)O)cc(Br)nc2c1. The van der Waals surface area contributed by atoms with Crippen LogP contribution >= 0.6 is 15.9 Å². The highest BCUT2D eigenvalue weighted by molar-refractivity contribution is 9.10. The minimum absolute atomic E-state index is 0.270. The third kappa shape index (κ3) is 1.85. The van der Waals surface area contributed by atoms with E-state index in [9.17, 15) is 4.79 Å². The highest BCUT2D eigenvalue weighted by Crippen LogP contribution is 2.22. The molecule has 3 nitrogen and oxygen atoms in total. The van der Waals surface area contributed by atoms with Crippen molar-refractivity contribution in [1.29, 1.82) is 0 Å². The average Bonchev–Trinajstić information content (AvgIpc) is 2.15. The largest absolute Gasteiger partial charge is 0.478 e. The van der Waals surface area contributed by atoms with Crippen LogP contribution in [-0.2, 0) is 0 Å². The number of carbonyl (C=O) groups is 1. The van der Waals surface area contributed by atoms with Crippen LogP contribution in [0.5, 0.6) is 0 Å². The number of rotatable bonds is 1. The quantitative estimate of drug-likeness (QED) is 0.807. The molecule has 4 heteroatoms. The van der Waals surface area contributed by atoms with Gasteiger partial charge in [0.15, 0.2) is 0 Å². The van der Waals surface area contributed by atoms with Gasteiger partial charge in [0.05, 0.1) is 11.1 Å². The Kier molecular flexibility index (Phi) is 2.44. The molecule has 0 saturated heterocycles. The molecule has 1 heterocycles. The molecule has 0 aliphatic rings. The van der Waals surface area contributed by atoms with Crippen molar-refractivity contribution in [3.05, 3.63) is 40.0 Å². The highest BCUT2D eigenvalue weighted by Gasteiger charge is 2.10. The molecule has 0 spiro atoms. The number of fused-ring (bicyclic) bond motifs is 1. The van der Waals surface area contributed by atoms with Crippen LogP contribution < -0.4 is 0 Å². The van der Waals surface area contributed by atoms with Crippen molar-refractivity contribution in [2.24, 2.45) is 0 Å². The number of halogens is 1. The van der Waals surface area contributed by atoms with Crippen LogP contribution in [0.2, 0.25) is 0 Å². The van der Waals surface area contributed by atoms with Crippen LogP contribution in [0.15, 0.2) is 28.9 Å². The fourth-order valence-electron chi connectivity index (χ4n) is 1.48. The number of carboxylic acids is 1. The Hall–Kier alpha value is -1.42. The average molecular weight is 266 g/mol. The predicted octanol–water partition coefficient (Wildman–Crippen LogP) is 3.00. The van der Waals surface area contributed by atoms with Gasteiger partial charge in [-0.2, -0.15) is 0 Å². The second-order valence-electron chi connectivity index (χ2n) is 3.32. The zero-order chi connectivity index (χ0) is 11.0. The molecule has 0 saturated carbocycles. The van der Waals surface area contributed by atoms with E-state index < -0.39 is 5.97 Å². The molecule has 0 bridgehead atoms. The Morgan fingerprint density at radius 3 is 2.80 bits per heavy atom. The van der Waals surface area contributed by atoms with E-state index in [1.54, 1.807) is 6.07 Å². The first kappa shape index (κ1) is 10.1. The molecular weight excluding hydrogens is 258 g/mol. The normalized spacial score (nSPS) is 10.5. The topological polar surface area (TPSA) is 50.2 Å². The lowest BCUT2D eigenvalue weighted by atomic mass is 10.1. The van der Waals surface area contributed by atoms with Crippen LogP contribution in [0.4, 0.5) is 0 Å². The molecule has 0 amide bonds. The summed E-state index contributed by atoms with van der Waals surface area (Å²) in [6, 6.07) is 7.05. The summed E-state index contributed by atoms with van der Waals surface area (Å²) < 4.78 is 0.540. The van der Waals surface area contributed by atoms with E-state index in [0.29, 0.717) is 15.5 Å². The summed E-state index contributed by atoms with van der Waals surface area (Å²) in [5, 5.41) is 9.69. The minimum Gasteiger partial charge on any atom is -0.478 e.